The normalized spacial score (nSPS) is 29.8. The van der Waals surface area contributed by atoms with Crippen LogP contribution in [0.5, 0.6) is 0 Å². The fourth-order valence-corrected chi connectivity index (χ4v) is 0.687. The van der Waals surface area contributed by atoms with Crippen molar-refractivity contribution in [1.82, 2.24) is 0 Å². The van der Waals surface area contributed by atoms with Crippen molar-refractivity contribution in [3.05, 3.63) is 11.9 Å². The summed E-state index contributed by atoms with van der Waals surface area (Å²) < 4.78 is 17.3. The van der Waals surface area contributed by atoms with Crippen LogP contribution in [-0.4, -0.2) is 12.7 Å². The number of ether oxygens (including phenoxy) is 1. The predicted molar refractivity (Wildman–Crippen MR) is 29.2 cm³/mol. The first-order chi connectivity index (χ1) is 3.80. The number of halogens is 1. The lowest BCUT2D eigenvalue weighted by atomic mass is 10.2. The molecule has 0 N–H and O–H groups in total. The van der Waals surface area contributed by atoms with Crippen molar-refractivity contribution < 1.29 is 9.13 Å². The Hall–Kier alpha value is -0.370. The second-order valence-electron chi connectivity index (χ2n) is 1.89. The molecule has 1 rings (SSSR count). The summed E-state index contributed by atoms with van der Waals surface area (Å²) in [6.07, 6.45) is 1.99. The third kappa shape index (κ3) is 1.07. The van der Waals surface area contributed by atoms with Crippen LogP contribution in [0.25, 0.3) is 0 Å². The van der Waals surface area contributed by atoms with E-state index in [4.69, 9.17) is 4.74 Å². The van der Waals surface area contributed by atoms with Gasteiger partial charge in [-0.1, -0.05) is 0 Å². The van der Waals surface area contributed by atoms with Crippen molar-refractivity contribution in [1.29, 1.82) is 0 Å². The second kappa shape index (κ2) is 2.27. The average Bonchev–Trinajstić information content (AvgIpc) is 1.77. The predicted octanol–water partition coefficient (Wildman–Crippen LogP) is 1.65. The molecule has 0 amide bonds. The van der Waals surface area contributed by atoms with Gasteiger partial charge in [-0.2, -0.15) is 0 Å². The Labute approximate surface area is 48.1 Å². The fourth-order valence-electron chi connectivity index (χ4n) is 0.687. The van der Waals surface area contributed by atoms with Crippen LogP contribution in [0.3, 0.4) is 0 Å². The molecule has 0 aromatic heterocycles. The Balaban J connectivity index is 2.53. The van der Waals surface area contributed by atoms with Crippen molar-refractivity contribution in [3.63, 3.8) is 0 Å². The lowest BCUT2D eigenvalue weighted by Crippen LogP contribution is -2.13. The summed E-state index contributed by atoms with van der Waals surface area (Å²) in [6.45, 7) is 2.37. The third-order valence-electron chi connectivity index (χ3n) is 1.21. The van der Waals surface area contributed by atoms with E-state index in [-0.39, 0.29) is 11.9 Å². The zero-order chi connectivity index (χ0) is 5.98. The standard InChI is InChI=1S/C6H9FO/c1-5-6(7)3-2-4-8-5/h3,5H,2,4H2,1H3. The zero-order valence-electron chi connectivity index (χ0n) is 4.86. The van der Waals surface area contributed by atoms with E-state index in [1.807, 2.05) is 0 Å². The summed E-state index contributed by atoms with van der Waals surface area (Å²) >= 11 is 0. The summed E-state index contributed by atoms with van der Waals surface area (Å²) in [5, 5.41) is 0. The largest absolute Gasteiger partial charge is 0.371 e. The van der Waals surface area contributed by atoms with Gasteiger partial charge in [-0.25, -0.2) is 4.39 Å². The van der Waals surface area contributed by atoms with Crippen LogP contribution in [0.4, 0.5) is 4.39 Å². The summed E-state index contributed by atoms with van der Waals surface area (Å²) in [5.41, 5.74) is 0. The van der Waals surface area contributed by atoms with E-state index in [1.165, 1.54) is 0 Å². The minimum absolute atomic E-state index is 0.128. The molecule has 0 radical (unpaired) electrons. The maximum absolute atomic E-state index is 12.3. The van der Waals surface area contributed by atoms with Crippen LogP contribution >= 0.6 is 0 Å². The van der Waals surface area contributed by atoms with Crippen LogP contribution in [0.1, 0.15) is 13.3 Å². The summed E-state index contributed by atoms with van der Waals surface area (Å²) in [6, 6.07) is 0. The number of rotatable bonds is 0. The van der Waals surface area contributed by atoms with E-state index in [0.29, 0.717) is 6.61 Å². The molecule has 2 heteroatoms. The van der Waals surface area contributed by atoms with Crippen LogP contribution in [-0.2, 0) is 4.74 Å². The Morgan fingerprint density at radius 2 is 2.62 bits per heavy atom. The van der Waals surface area contributed by atoms with Gasteiger partial charge in [0.2, 0.25) is 0 Å². The smallest absolute Gasteiger partial charge is 0.125 e. The Kier molecular flexibility index (Phi) is 1.63. The molecule has 1 atom stereocenters. The van der Waals surface area contributed by atoms with Gasteiger partial charge in [0.05, 0.1) is 6.61 Å². The van der Waals surface area contributed by atoms with Gasteiger partial charge in [0.1, 0.15) is 11.9 Å². The highest BCUT2D eigenvalue weighted by Crippen LogP contribution is 2.13. The molecule has 0 saturated carbocycles. The molecule has 1 aliphatic heterocycles. The van der Waals surface area contributed by atoms with Crippen LogP contribution in [0.2, 0.25) is 0 Å². The molecule has 0 aromatic rings. The summed E-state index contributed by atoms with van der Waals surface area (Å²) in [5.74, 6) is -0.128. The molecule has 0 saturated heterocycles. The van der Waals surface area contributed by atoms with Crippen LogP contribution in [0, 0.1) is 0 Å². The molecule has 8 heavy (non-hydrogen) atoms. The van der Waals surface area contributed by atoms with Crippen LogP contribution in [0.15, 0.2) is 11.9 Å². The Morgan fingerprint density at radius 1 is 1.88 bits per heavy atom. The minimum Gasteiger partial charge on any atom is -0.371 e. The first-order valence-corrected chi connectivity index (χ1v) is 2.78. The van der Waals surface area contributed by atoms with E-state index in [2.05, 4.69) is 0 Å². The maximum Gasteiger partial charge on any atom is 0.125 e. The topological polar surface area (TPSA) is 9.23 Å². The van der Waals surface area contributed by atoms with E-state index < -0.39 is 0 Å². The molecular formula is C6H9FO. The number of hydrogen-bond acceptors (Lipinski definition) is 1. The molecule has 1 nitrogen and oxygen atoms in total. The van der Waals surface area contributed by atoms with E-state index >= 15 is 0 Å². The minimum atomic E-state index is -0.302. The zero-order valence-corrected chi connectivity index (χ0v) is 4.86. The molecule has 0 bridgehead atoms. The van der Waals surface area contributed by atoms with E-state index in [0.717, 1.165) is 6.42 Å². The lowest BCUT2D eigenvalue weighted by molar-refractivity contribution is 0.0662. The van der Waals surface area contributed by atoms with Crippen molar-refractivity contribution in [2.24, 2.45) is 0 Å². The van der Waals surface area contributed by atoms with Gasteiger partial charge in [-0.15, -0.1) is 0 Å². The van der Waals surface area contributed by atoms with Crippen molar-refractivity contribution in [3.8, 4) is 0 Å². The Bertz CT molecular complexity index is 109. The van der Waals surface area contributed by atoms with Crippen LogP contribution < -0.4 is 0 Å². The summed E-state index contributed by atoms with van der Waals surface area (Å²) in [4.78, 5) is 0. The molecule has 1 aliphatic rings. The molecule has 1 unspecified atom stereocenters. The molecule has 46 valence electrons. The molecule has 0 spiro atoms. The molecule has 0 aromatic carbocycles. The quantitative estimate of drug-likeness (QED) is 0.467. The molecule has 0 aliphatic carbocycles. The van der Waals surface area contributed by atoms with Gasteiger partial charge in [0.15, 0.2) is 0 Å². The van der Waals surface area contributed by atoms with Gasteiger partial charge in [-0.3, -0.25) is 0 Å². The van der Waals surface area contributed by atoms with Gasteiger partial charge in [-0.05, 0) is 19.4 Å². The maximum atomic E-state index is 12.3. The highest BCUT2D eigenvalue weighted by atomic mass is 19.1. The highest BCUT2D eigenvalue weighted by molar-refractivity contribution is 4.99. The highest BCUT2D eigenvalue weighted by Gasteiger charge is 2.10. The first kappa shape index (κ1) is 5.76. The van der Waals surface area contributed by atoms with Gasteiger partial charge in [0.25, 0.3) is 0 Å². The third-order valence-corrected chi connectivity index (χ3v) is 1.21. The van der Waals surface area contributed by atoms with Gasteiger partial charge < -0.3 is 4.74 Å². The second-order valence-corrected chi connectivity index (χ2v) is 1.89. The molecular weight excluding hydrogens is 107 g/mol. The lowest BCUT2D eigenvalue weighted by Gasteiger charge is -2.14. The van der Waals surface area contributed by atoms with Crippen molar-refractivity contribution in [2.45, 2.75) is 19.4 Å². The fraction of sp³-hybridized carbons (Fsp3) is 0.667. The van der Waals surface area contributed by atoms with E-state index in [1.54, 1.807) is 13.0 Å². The summed E-state index contributed by atoms with van der Waals surface area (Å²) in [7, 11) is 0. The molecule has 0 fully saturated rings. The monoisotopic (exact) mass is 116 g/mol. The van der Waals surface area contributed by atoms with Crippen molar-refractivity contribution >= 4 is 0 Å². The SMILES string of the molecule is CC1OCCC=C1F. The van der Waals surface area contributed by atoms with Gasteiger partial charge in [0, 0.05) is 0 Å². The molecule has 1 heterocycles. The Morgan fingerprint density at radius 3 is 3.00 bits per heavy atom. The average molecular weight is 116 g/mol. The van der Waals surface area contributed by atoms with Gasteiger partial charge >= 0.3 is 0 Å². The number of hydrogen-bond donors (Lipinski definition) is 0. The van der Waals surface area contributed by atoms with E-state index in [9.17, 15) is 4.39 Å². The van der Waals surface area contributed by atoms with Crippen molar-refractivity contribution in [2.75, 3.05) is 6.61 Å². The first-order valence-electron chi connectivity index (χ1n) is 2.78.